The largest absolute Gasteiger partial charge is 0.378 e. The zero-order valence-corrected chi connectivity index (χ0v) is 8.60. The Morgan fingerprint density at radius 1 is 1.00 bits per heavy atom. The molecule has 12 heteroatoms. The van der Waals surface area contributed by atoms with Gasteiger partial charge in [-0.25, -0.2) is 0 Å². The van der Waals surface area contributed by atoms with E-state index in [0.29, 0.717) is 4.52 Å². The number of anilines is 3. The second-order valence-corrected chi connectivity index (χ2v) is 3.21. The van der Waals surface area contributed by atoms with Crippen molar-refractivity contribution in [2.75, 3.05) is 17.2 Å². The maximum Gasteiger partial charge on any atom is 0.357 e. The van der Waals surface area contributed by atoms with E-state index in [0.717, 1.165) is 0 Å². The van der Waals surface area contributed by atoms with Crippen LogP contribution in [0.2, 0.25) is 0 Å². The molecule has 0 saturated heterocycles. The van der Waals surface area contributed by atoms with Crippen LogP contribution in [0.3, 0.4) is 0 Å². The van der Waals surface area contributed by atoms with Gasteiger partial charge in [0.25, 0.3) is 0 Å². The molecule has 2 aromatic heterocycles. The molecule has 0 bridgehead atoms. The lowest BCUT2D eigenvalue weighted by atomic mass is 10.4. The van der Waals surface area contributed by atoms with Crippen molar-refractivity contribution in [3.05, 3.63) is 20.2 Å². The Labute approximate surface area is 97.3 Å². The molecular formula is C6H6N8O4. The van der Waals surface area contributed by atoms with Crippen molar-refractivity contribution in [1.82, 2.24) is 14.6 Å². The van der Waals surface area contributed by atoms with Gasteiger partial charge < -0.3 is 17.2 Å². The second kappa shape index (κ2) is 3.41. The zero-order valence-electron chi connectivity index (χ0n) is 8.60. The van der Waals surface area contributed by atoms with Gasteiger partial charge in [-0.1, -0.05) is 0 Å². The average Bonchev–Trinajstić information content (AvgIpc) is 2.54. The van der Waals surface area contributed by atoms with Crippen molar-refractivity contribution in [3.63, 3.8) is 0 Å². The fourth-order valence-corrected chi connectivity index (χ4v) is 1.45. The molecule has 0 aliphatic rings. The molecule has 0 radical (unpaired) electrons. The molecule has 0 saturated carbocycles. The van der Waals surface area contributed by atoms with E-state index in [4.69, 9.17) is 17.2 Å². The summed E-state index contributed by atoms with van der Waals surface area (Å²) in [5.41, 5.74) is 14.5. The normalized spacial score (nSPS) is 10.7. The van der Waals surface area contributed by atoms with Crippen LogP contribution in [0.1, 0.15) is 0 Å². The third kappa shape index (κ3) is 1.32. The Morgan fingerprint density at radius 2 is 1.56 bits per heavy atom. The summed E-state index contributed by atoms with van der Waals surface area (Å²) in [6.07, 6.45) is 0. The highest BCUT2D eigenvalue weighted by Gasteiger charge is 2.30. The van der Waals surface area contributed by atoms with Crippen LogP contribution in [0.5, 0.6) is 0 Å². The van der Waals surface area contributed by atoms with E-state index in [2.05, 4.69) is 10.1 Å². The molecular weight excluding hydrogens is 248 g/mol. The topological polar surface area (TPSA) is 195 Å². The van der Waals surface area contributed by atoms with Crippen LogP contribution >= 0.6 is 0 Å². The molecule has 6 N–H and O–H groups in total. The number of nitrogens with two attached hydrogens (primary N) is 3. The predicted octanol–water partition coefficient (Wildman–Crippen LogP) is -0.708. The molecule has 0 aromatic carbocycles. The van der Waals surface area contributed by atoms with E-state index in [1.54, 1.807) is 0 Å². The molecule has 0 aliphatic carbocycles. The number of rotatable bonds is 2. The van der Waals surface area contributed by atoms with Crippen molar-refractivity contribution in [2.24, 2.45) is 0 Å². The van der Waals surface area contributed by atoms with E-state index in [9.17, 15) is 20.2 Å². The summed E-state index contributed by atoms with van der Waals surface area (Å²) >= 11 is 0. The zero-order chi connectivity index (χ0) is 13.6. The third-order valence-corrected chi connectivity index (χ3v) is 2.17. The maximum atomic E-state index is 10.8. The molecule has 0 atom stereocenters. The van der Waals surface area contributed by atoms with Gasteiger partial charge in [0, 0.05) is 0 Å². The van der Waals surface area contributed by atoms with Crippen LogP contribution in [-0.4, -0.2) is 24.4 Å². The summed E-state index contributed by atoms with van der Waals surface area (Å²) in [6.45, 7) is 0. The molecule has 0 spiro atoms. The molecule has 2 heterocycles. The molecule has 0 fully saturated rings. The number of nitrogen functional groups attached to an aromatic ring is 3. The lowest BCUT2D eigenvalue weighted by Crippen LogP contribution is -2.09. The van der Waals surface area contributed by atoms with Crippen LogP contribution in [0, 0.1) is 20.2 Å². The second-order valence-electron chi connectivity index (χ2n) is 3.21. The van der Waals surface area contributed by atoms with Gasteiger partial charge in [-0.2, -0.15) is 9.50 Å². The summed E-state index contributed by atoms with van der Waals surface area (Å²) in [5, 5.41) is 25.0. The van der Waals surface area contributed by atoms with Crippen molar-refractivity contribution in [2.45, 2.75) is 0 Å². The molecule has 2 aromatic rings. The van der Waals surface area contributed by atoms with Gasteiger partial charge in [0.1, 0.15) is 0 Å². The van der Waals surface area contributed by atoms with Crippen LogP contribution in [0.15, 0.2) is 0 Å². The van der Waals surface area contributed by atoms with E-state index in [1.807, 2.05) is 0 Å². The number of hydrogen-bond donors (Lipinski definition) is 3. The standard InChI is InChI=1S/C6H6N8O4/c7-3-1(13(15)16)5(9)12-6(10-3)2(14(17)18)4(8)11-12/h9H2,(H2,7,10)(H2,8,11). The molecule has 0 amide bonds. The first-order valence-corrected chi connectivity index (χ1v) is 4.36. The molecule has 0 unspecified atom stereocenters. The first-order chi connectivity index (χ1) is 8.34. The van der Waals surface area contributed by atoms with Gasteiger partial charge in [0.05, 0.1) is 9.85 Å². The molecule has 0 aliphatic heterocycles. The minimum Gasteiger partial charge on any atom is -0.378 e. The summed E-state index contributed by atoms with van der Waals surface area (Å²) in [7, 11) is 0. The predicted molar refractivity (Wildman–Crippen MR) is 59.5 cm³/mol. The van der Waals surface area contributed by atoms with E-state index >= 15 is 0 Å². The third-order valence-electron chi connectivity index (χ3n) is 2.17. The Balaban J connectivity index is 2.95. The fourth-order valence-electron chi connectivity index (χ4n) is 1.45. The highest BCUT2D eigenvalue weighted by atomic mass is 16.6. The summed E-state index contributed by atoms with van der Waals surface area (Å²) < 4.78 is 0.710. The highest BCUT2D eigenvalue weighted by molar-refractivity contribution is 5.79. The summed E-state index contributed by atoms with van der Waals surface area (Å²) in [4.78, 5) is 23.3. The number of nitrogens with zero attached hydrogens (tertiary/aromatic N) is 5. The maximum absolute atomic E-state index is 10.8. The van der Waals surface area contributed by atoms with Crippen LogP contribution in [-0.2, 0) is 0 Å². The Hall–Kier alpha value is -3.18. The summed E-state index contributed by atoms with van der Waals surface area (Å²) in [5.74, 6) is -1.49. The first kappa shape index (κ1) is 11.3. The van der Waals surface area contributed by atoms with Gasteiger partial charge in [0.2, 0.25) is 23.1 Å². The monoisotopic (exact) mass is 254 g/mol. The molecule has 12 nitrogen and oxygen atoms in total. The number of aromatic nitrogens is 3. The Morgan fingerprint density at radius 3 is 2.06 bits per heavy atom. The SMILES string of the molecule is Nc1nc2c([N+](=O)[O-])c(N)nn2c(N)c1[N+](=O)[O-]. The van der Waals surface area contributed by atoms with Gasteiger partial charge in [-0.3, -0.25) is 20.2 Å². The molecule has 94 valence electrons. The number of fused-ring (bicyclic) bond motifs is 1. The van der Waals surface area contributed by atoms with Gasteiger partial charge >= 0.3 is 11.4 Å². The van der Waals surface area contributed by atoms with E-state index in [1.165, 1.54) is 0 Å². The van der Waals surface area contributed by atoms with Crippen LogP contribution in [0.4, 0.5) is 28.8 Å². The van der Waals surface area contributed by atoms with Crippen molar-refractivity contribution < 1.29 is 9.85 Å². The number of hydrogen-bond acceptors (Lipinski definition) is 9. The molecule has 2 rings (SSSR count). The fraction of sp³-hybridized carbons (Fsp3) is 0. The van der Waals surface area contributed by atoms with Crippen LogP contribution in [0.25, 0.3) is 5.65 Å². The van der Waals surface area contributed by atoms with Gasteiger partial charge in [0.15, 0.2) is 0 Å². The van der Waals surface area contributed by atoms with E-state index in [-0.39, 0.29) is 5.65 Å². The minimum absolute atomic E-state index is 0.349. The number of nitro groups is 2. The van der Waals surface area contributed by atoms with Gasteiger partial charge in [-0.15, -0.1) is 5.10 Å². The average molecular weight is 254 g/mol. The van der Waals surface area contributed by atoms with Crippen molar-refractivity contribution >= 4 is 34.5 Å². The van der Waals surface area contributed by atoms with Crippen molar-refractivity contribution in [3.8, 4) is 0 Å². The first-order valence-electron chi connectivity index (χ1n) is 4.36. The highest BCUT2D eigenvalue weighted by Crippen LogP contribution is 2.33. The minimum atomic E-state index is -0.860. The molecule has 18 heavy (non-hydrogen) atoms. The Bertz CT molecular complexity index is 691. The lowest BCUT2D eigenvalue weighted by molar-refractivity contribution is -0.383. The smallest absolute Gasteiger partial charge is 0.357 e. The van der Waals surface area contributed by atoms with Crippen LogP contribution < -0.4 is 17.2 Å². The summed E-state index contributed by atoms with van der Waals surface area (Å²) in [6, 6.07) is 0. The van der Waals surface area contributed by atoms with Gasteiger partial charge in [-0.05, 0) is 0 Å². The lowest BCUT2D eigenvalue weighted by Gasteiger charge is -2.01. The Kier molecular flexibility index (Phi) is 2.14. The quantitative estimate of drug-likeness (QED) is 0.457. The van der Waals surface area contributed by atoms with E-state index < -0.39 is 38.7 Å². The van der Waals surface area contributed by atoms with Crippen molar-refractivity contribution in [1.29, 1.82) is 0 Å².